The Morgan fingerprint density at radius 2 is 1.95 bits per heavy atom. The molecular weight excluding hydrogens is 284 g/mol. The maximum Gasteiger partial charge on any atom is 0.322 e. The number of benzene rings is 1. The molecule has 7 nitrogen and oxygen atoms in total. The van der Waals surface area contributed by atoms with Crippen molar-refractivity contribution in [1.29, 1.82) is 0 Å². The highest BCUT2D eigenvalue weighted by Crippen LogP contribution is 2.11. The molecule has 0 radical (unpaired) electrons. The molecule has 1 heterocycles. The zero-order valence-electron chi connectivity index (χ0n) is 12.8. The van der Waals surface area contributed by atoms with Crippen LogP contribution in [-0.4, -0.2) is 33.4 Å². The van der Waals surface area contributed by atoms with Crippen LogP contribution in [0.3, 0.4) is 0 Å². The molecule has 0 atom stereocenters. The number of anilines is 1. The highest BCUT2D eigenvalue weighted by Gasteiger charge is 2.15. The van der Waals surface area contributed by atoms with Crippen molar-refractivity contribution in [3.8, 4) is 0 Å². The third-order valence-corrected chi connectivity index (χ3v) is 3.11. The Morgan fingerprint density at radius 3 is 2.45 bits per heavy atom. The number of nitrogens with zero attached hydrogens (tertiary/aromatic N) is 3. The van der Waals surface area contributed by atoms with Gasteiger partial charge in [-0.2, -0.15) is 4.98 Å². The van der Waals surface area contributed by atoms with Crippen molar-refractivity contribution in [2.75, 3.05) is 11.9 Å². The van der Waals surface area contributed by atoms with E-state index < -0.39 is 0 Å². The van der Waals surface area contributed by atoms with E-state index in [-0.39, 0.29) is 18.4 Å². The summed E-state index contributed by atoms with van der Waals surface area (Å²) in [6.07, 6.45) is 0. The molecule has 7 heteroatoms. The third-order valence-electron chi connectivity index (χ3n) is 3.11. The summed E-state index contributed by atoms with van der Waals surface area (Å²) in [5, 5.41) is 6.55. The van der Waals surface area contributed by atoms with Crippen molar-refractivity contribution in [3.63, 3.8) is 0 Å². The van der Waals surface area contributed by atoms with Gasteiger partial charge < -0.3 is 14.7 Å². The van der Waals surface area contributed by atoms with E-state index in [0.29, 0.717) is 29.5 Å². The summed E-state index contributed by atoms with van der Waals surface area (Å²) in [5.74, 6) is 0.910. The maximum atomic E-state index is 12.2. The fourth-order valence-electron chi connectivity index (χ4n) is 1.89. The second-order valence-electron chi connectivity index (χ2n) is 4.81. The molecule has 22 heavy (non-hydrogen) atoms. The number of Topliss-reactive ketones (excluding diaryl/α,β-unsaturated/α-hetero) is 1. The molecule has 2 rings (SSSR count). The first-order chi connectivity index (χ1) is 10.5. The number of ketones is 1. The van der Waals surface area contributed by atoms with Crippen LogP contribution in [0.25, 0.3) is 0 Å². The normalized spacial score (nSPS) is 10.3. The molecule has 0 saturated heterocycles. The minimum absolute atomic E-state index is 0.0134. The van der Waals surface area contributed by atoms with Crippen molar-refractivity contribution >= 4 is 17.5 Å². The van der Waals surface area contributed by atoms with Gasteiger partial charge in [0.15, 0.2) is 11.6 Å². The summed E-state index contributed by atoms with van der Waals surface area (Å²) < 4.78 is 4.89. The lowest BCUT2D eigenvalue weighted by Crippen LogP contribution is -2.34. The van der Waals surface area contributed by atoms with E-state index in [0.717, 1.165) is 0 Å². The van der Waals surface area contributed by atoms with Gasteiger partial charge in [0, 0.05) is 24.7 Å². The van der Waals surface area contributed by atoms with Crippen molar-refractivity contribution in [1.82, 2.24) is 15.0 Å². The number of urea groups is 1. The highest BCUT2D eigenvalue weighted by atomic mass is 16.5. The minimum Gasteiger partial charge on any atom is -0.340 e. The van der Waals surface area contributed by atoms with Gasteiger partial charge in [-0.15, -0.1) is 0 Å². The van der Waals surface area contributed by atoms with Crippen LogP contribution in [0, 0.1) is 6.92 Å². The molecule has 116 valence electrons. The SMILES string of the molecule is CCN(Cc1noc(C)n1)C(=O)Nc1ccc(C(C)=O)cc1. The number of hydrogen-bond donors (Lipinski definition) is 1. The maximum absolute atomic E-state index is 12.2. The van der Waals surface area contributed by atoms with Crippen molar-refractivity contribution < 1.29 is 14.1 Å². The number of nitrogens with one attached hydrogen (secondary N) is 1. The lowest BCUT2D eigenvalue weighted by Gasteiger charge is -2.19. The number of carbonyl (C=O) groups excluding carboxylic acids is 2. The summed E-state index contributed by atoms with van der Waals surface area (Å²) in [4.78, 5) is 29.1. The van der Waals surface area contributed by atoms with E-state index in [9.17, 15) is 9.59 Å². The molecule has 0 aliphatic carbocycles. The van der Waals surface area contributed by atoms with E-state index in [2.05, 4.69) is 15.5 Å². The second-order valence-corrected chi connectivity index (χ2v) is 4.81. The molecule has 1 aromatic carbocycles. The Balaban J connectivity index is 2.00. The number of aromatic nitrogens is 2. The van der Waals surface area contributed by atoms with E-state index in [1.54, 1.807) is 36.1 Å². The molecule has 0 aliphatic rings. The number of hydrogen-bond acceptors (Lipinski definition) is 5. The number of aryl methyl sites for hydroxylation is 1. The molecule has 0 fully saturated rings. The van der Waals surface area contributed by atoms with Gasteiger partial charge >= 0.3 is 6.03 Å². The largest absolute Gasteiger partial charge is 0.340 e. The van der Waals surface area contributed by atoms with Crippen LogP contribution in [0.2, 0.25) is 0 Å². The van der Waals surface area contributed by atoms with Crippen LogP contribution in [0.1, 0.15) is 35.9 Å². The molecule has 0 spiro atoms. The summed E-state index contributed by atoms with van der Waals surface area (Å²) in [6.45, 7) is 5.84. The van der Waals surface area contributed by atoms with Crippen LogP contribution in [0.4, 0.5) is 10.5 Å². The van der Waals surface area contributed by atoms with Crippen molar-refractivity contribution in [3.05, 3.63) is 41.5 Å². The van der Waals surface area contributed by atoms with Gasteiger partial charge in [-0.1, -0.05) is 5.16 Å². The predicted octanol–water partition coefficient (Wildman–Crippen LogP) is 2.63. The molecule has 2 amide bonds. The Bertz CT molecular complexity index is 664. The van der Waals surface area contributed by atoms with Crippen LogP contribution in [0.15, 0.2) is 28.8 Å². The zero-order chi connectivity index (χ0) is 16.1. The topological polar surface area (TPSA) is 88.3 Å². The third kappa shape index (κ3) is 3.91. The first-order valence-electron chi connectivity index (χ1n) is 6.95. The predicted molar refractivity (Wildman–Crippen MR) is 80.6 cm³/mol. The van der Waals surface area contributed by atoms with Gasteiger partial charge in [0.2, 0.25) is 5.89 Å². The molecule has 0 saturated carbocycles. The van der Waals surface area contributed by atoms with Crippen LogP contribution in [-0.2, 0) is 6.54 Å². The molecule has 1 aromatic heterocycles. The van der Waals surface area contributed by atoms with Gasteiger partial charge in [0.25, 0.3) is 0 Å². The molecular formula is C15H18N4O3. The van der Waals surface area contributed by atoms with E-state index in [1.807, 2.05) is 6.92 Å². The van der Waals surface area contributed by atoms with E-state index >= 15 is 0 Å². The Hall–Kier alpha value is -2.70. The standard InChI is InChI=1S/C15H18N4O3/c1-4-19(9-14-16-11(3)22-18-14)15(21)17-13-7-5-12(6-8-13)10(2)20/h5-8H,4,9H2,1-3H3,(H,17,21). The first-order valence-corrected chi connectivity index (χ1v) is 6.95. The summed E-state index contributed by atoms with van der Waals surface area (Å²) in [6, 6.07) is 6.48. The highest BCUT2D eigenvalue weighted by molar-refractivity contribution is 5.95. The zero-order valence-corrected chi connectivity index (χ0v) is 12.8. The molecule has 0 aliphatic heterocycles. The van der Waals surface area contributed by atoms with Crippen LogP contribution >= 0.6 is 0 Å². The van der Waals surface area contributed by atoms with Gasteiger partial charge in [-0.25, -0.2) is 4.79 Å². The van der Waals surface area contributed by atoms with Gasteiger partial charge in [-0.3, -0.25) is 4.79 Å². The lowest BCUT2D eigenvalue weighted by atomic mass is 10.1. The fraction of sp³-hybridized carbons (Fsp3) is 0.333. The molecule has 2 aromatic rings. The van der Waals surface area contributed by atoms with E-state index in [1.165, 1.54) is 6.92 Å². The lowest BCUT2D eigenvalue weighted by molar-refractivity contribution is 0.101. The summed E-state index contributed by atoms with van der Waals surface area (Å²) in [7, 11) is 0. The molecule has 1 N–H and O–H groups in total. The summed E-state index contributed by atoms with van der Waals surface area (Å²) >= 11 is 0. The number of carbonyl (C=O) groups is 2. The van der Waals surface area contributed by atoms with Crippen LogP contribution < -0.4 is 5.32 Å². The van der Waals surface area contributed by atoms with Crippen molar-refractivity contribution in [2.45, 2.75) is 27.3 Å². The quantitative estimate of drug-likeness (QED) is 0.858. The van der Waals surface area contributed by atoms with Gasteiger partial charge in [0.1, 0.15) is 0 Å². The van der Waals surface area contributed by atoms with Gasteiger partial charge in [0.05, 0.1) is 6.54 Å². The Morgan fingerprint density at radius 1 is 1.27 bits per heavy atom. The molecule has 0 unspecified atom stereocenters. The average Bonchev–Trinajstić information content (AvgIpc) is 2.90. The minimum atomic E-state index is -0.263. The fourth-order valence-corrected chi connectivity index (χ4v) is 1.89. The first kappa shape index (κ1) is 15.7. The van der Waals surface area contributed by atoms with E-state index in [4.69, 9.17) is 4.52 Å². The second kappa shape index (κ2) is 6.84. The van der Waals surface area contributed by atoms with Gasteiger partial charge in [-0.05, 0) is 38.1 Å². The van der Waals surface area contributed by atoms with Crippen LogP contribution in [0.5, 0.6) is 0 Å². The monoisotopic (exact) mass is 302 g/mol. The number of rotatable bonds is 5. The average molecular weight is 302 g/mol. The smallest absolute Gasteiger partial charge is 0.322 e. The van der Waals surface area contributed by atoms with Crippen molar-refractivity contribution in [2.24, 2.45) is 0 Å². The number of amides is 2. The Labute approximate surface area is 128 Å². The Kier molecular flexibility index (Phi) is 4.88. The summed E-state index contributed by atoms with van der Waals surface area (Å²) in [5.41, 5.74) is 1.23. The molecule has 0 bridgehead atoms.